The molecule has 3 heteroatoms. The summed E-state index contributed by atoms with van der Waals surface area (Å²) < 4.78 is 0. The number of pyridine rings is 1. The van der Waals surface area contributed by atoms with E-state index in [-0.39, 0.29) is 6.04 Å². The summed E-state index contributed by atoms with van der Waals surface area (Å²) in [6.45, 7) is 4.44. The van der Waals surface area contributed by atoms with E-state index in [1.165, 1.54) is 56.9 Å². The summed E-state index contributed by atoms with van der Waals surface area (Å²) in [5.41, 5.74) is 5.38. The van der Waals surface area contributed by atoms with E-state index < -0.39 is 0 Å². The van der Waals surface area contributed by atoms with Gasteiger partial charge in [0.15, 0.2) is 0 Å². The molecule has 0 aliphatic rings. The van der Waals surface area contributed by atoms with Crippen LogP contribution in [0.1, 0.15) is 88.9 Å². The largest absolute Gasteiger partial charge is 0.271 e. The molecule has 3 N–H and O–H groups in total. The van der Waals surface area contributed by atoms with Gasteiger partial charge in [-0.15, -0.1) is 0 Å². The van der Waals surface area contributed by atoms with E-state index >= 15 is 0 Å². The first-order valence-corrected chi connectivity index (χ1v) is 8.73. The maximum absolute atomic E-state index is 5.73. The van der Waals surface area contributed by atoms with Gasteiger partial charge in [0, 0.05) is 6.20 Å². The number of nitrogens with one attached hydrogen (secondary N) is 1. The molecule has 1 heterocycles. The lowest BCUT2D eigenvalue weighted by molar-refractivity contribution is 0.464. The molecular formula is C18H33N3. The number of aryl methyl sites for hydroxylation is 1. The molecule has 0 aliphatic carbocycles. The van der Waals surface area contributed by atoms with E-state index in [0.717, 1.165) is 18.5 Å². The summed E-state index contributed by atoms with van der Waals surface area (Å²) in [4.78, 5) is 4.53. The van der Waals surface area contributed by atoms with Crippen molar-refractivity contribution in [1.82, 2.24) is 10.4 Å². The summed E-state index contributed by atoms with van der Waals surface area (Å²) in [5, 5.41) is 0. The fourth-order valence-electron chi connectivity index (χ4n) is 2.84. The zero-order valence-electron chi connectivity index (χ0n) is 13.9. The molecule has 1 unspecified atom stereocenters. The van der Waals surface area contributed by atoms with Gasteiger partial charge in [0.25, 0.3) is 0 Å². The number of aromatic nitrogens is 1. The van der Waals surface area contributed by atoms with Crippen molar-refractivity contribution in [2.45, 2.75) is 84.1 Å². The molecule has 1 atom stereocenters. The van der Waals surface area contributed by atoms with Crippen LogP contribution in [0.2, 0.25) is 0 Å². The standard InChI is InChI=1S/C18H33N3/c1-3-5-6-7-8-9-10-11-14-17(21-19)18-16(4-2)13-12-15-20-18/h12-13,15,17,21H,3-11,14,19H2,1-2H3. The fraction of sp³-hybridized carbons (Fsp3) is 0.722. The van der Waals surface area contributed by atoms with E-state index in [2.05, 4.69) is 30.3 Å². The van der Waals surface area contributed by atoms with Gasteiger partial charge in [0.1, 0.15) is 0 Å². The van der Waals surface area contributed by atoms with Crippen LogP contribution in [0.4, 0.5) is 0 Å². The average molecular weight is 291 g/mol. The van der Waals surface area contributed by atoms with Crippen molar-refractivity contribution in [3.05, 3.63) is 29.6 Å². The van der Waals surface area contributed by atoms with Crippen LogP contribution in [0.15, 0.2) is 18.3 Å². The molecule has 21 heavy (non-hydrogen) atoms. The second-order valence-corrected chi connectivity index (χ2v) is 5.88. The lowest BCUT2D eigenvalue weighted by atomic mass is 9.99. The smallest absolute Gasteiger partial charge is 0.0635 e. The van der Waals surface area contributed by atoms with Crippen LogP contribution in [0.5, 0.6) is 0 Å². The minimum absolute atomic E-state index is 0.196. The van der Waals surface area contributed by atoms with Gasteiger partial charge in [-0.25, -0.2) is 0 Å². The molecule has 0 bridgehead atoms. The molecule has 0 fully saturated rings. The lowest BCUT2D eigenvalue weighted by Crippen LogP contribution is -2.29. The van der Waals surface area contributed by atoms with E-state index in [1.54, 1.807) is 0 Å². The van der Waals surface area contributed by atoms with E-state index in [0.29, 0.717) is 0 Å². The highest BCUT2D eigenvalue weighted by molar-refractivity contribution is 5.22. The van der Waals surface area contributed by atoms with Gasteiger partial charge < -0.3 is 0 Å². The molecule has 0 saturated carbocycles. The van der Waals surface area contributed by atoms with Crippen LogP contribution in [0.3, 0.4) is 0 Å². The Kier molecular flexibility index (Phi) is 10.1. The normalized spacial score (nSPS) is 12.5. The van der Waals surface area contributed by atoms with Crippen molar-refractivity contribution >= 4 is 0 Å². The molecule has 0 aromatic carbocycles. The van der Waals surface area contributed by atoms with Crippen LogP contribution in [0.25, 0.3) is 0 Å². The number of unbranched alkanes of at least 4 members (excludes halogenated alkanes) is 7. The highest BCUT2D eigenvalue weighted by Gasteiger charge is 2.13. The molecule has 120 valence electrons. The van der Waals surface area contributed by atoms with Crippen molar-refractivity contribution in [3.8, 4) is 0 Å². The van der Waals surface area contributed by atoms with Gasteiger partial charge >= 0.3 is 0 Å². The summed E-state index contributed by atoms with van der Waals surface area (Å²) in [6, 6.07) is 4.35. The molecule has 1 aromatic rings. The van der Waals surface area contributed by atoms with Crippen molar-refractivity contribution in [2.24, 2.45) is 5.84 Å². The average Bonchev–Trinajstić information content (AvgIpc) is 2.53. The molecule has 1 aromatic heterocycles. The van der Waals surface area contributed by atoms with Crippen LogP contribution in [-0.4, -0.2) is 4.98 Å². The zero-order chi connectivity index (χ0) is 15.3. The number of hydrazine groups is 1. The van der Waals surface area contributed by atoms with Gasteiger partial charge in [0.05, 0.1) is 11.7 Å². The first kappa shape index (κ1) is 18.1. The molecule has 0 radical (unpaired) electrons. The number of hydrogen-bond acceptors (Lipinski definition) is 3. The first-order valence-electron chi connectivity index (χ1n) is 8.73. The van der Waals surface area contributed by atoms with E-state index in [1.807, 2.05) is 12.3 Å². The molecule has 3 nitrogen and oxygen atoms in total. The topological polar surface area (TPSA) is 50.9 Å². The summed E-state index contributed by atoms with van der Waals surface area (Å²) in [7, 11) is 0. The molecular weight excluding hydrogens is 258 g/mol. The number of hydrogen-bond donors (Lipinski definition) is 2. The lowest BCUT2D eigenvalue weighted by Gasteiger charge is -2.18. The molecule has 0 aliphatic heterocycles. The molecule has 0 spiro atoms. The Morgan fingerprint density at radius 3 is 2.33 bits per heavy atom. The van der Waals surface area contributed by atoms with Crippen molar-refractivity contribution in [1.29, 1.82) is 0 Å². The number of nitrogens with zero attached hydrogens (tertiary/aromatic N) is 1. The second kappa shape index (κ2) is 11.7. The Labute approximate surface area is 130 Å². The Hall–Kier alpha value is -0.930. The van der Waals surface area contributed by atoms with Crippen molar-refractivity contribution in [2.75, 3.05) is 0 Å². The summed E-state index contributed by atoms with van der Waals surface area (Å²) in [6.07, 6.45) is 14.7. The maximum atomic E-state index is 5.73. The monoisotopic (exact) mass is 291 g/mol. The van der Waals surface area contributed by atoms with Gasteiger partial charge in [-0.1, -0.05) is 71.3 Å². The molecule has 0 saturated heterocycles. The van der Waals surface area contributed by atoms with Crippen LogP contribution in [0, 0.1) is 0 Å². The minimum Gasteiger partial charge on any atom is -0.271 e. The van der Waals surface area contributed by atoms with E-state index in [4.69, 9.17) is 5.84 Å². The van der Waals surface area contributed by atoms with Crippen molar-refractivity contribution < 1.29 is 0 Å². The highest BCUT2D eigenvalue weighted by atomic mass is 15.2. The van der Waals surface area contributed by atoms with E-state index in [9.17, 15) is 0 Å². The third-order valence-electron chi connectivity index (χ3n) is 4.18. The van der Waals surface area contributed by atoms with Gasteiger partial charge in [-0.05, 0) is 24.5 Å². The number of nitrogens with two attached hydrogens (primary N) is 1. The Morgan fingerprint density at radius 1 is 1.05 bits per heavy atom. The predicted octanol–water partition coefficient (Wildman–Crippen LogP) is 4.68. The Balaban J connectivity index is 2.25. The maximum Gasteiger partial charge on any atom is 0.0635 e. The summed E-state index contributed by atoms with van der Waals surface area (Å²) in [5.74, 6) is 5.73. The molecule has 1 rings (SSSR count). The van der Waals surface area contributed by atoms with Crippen LogP contribution >= 0.6 is 0 Å². The fourth-order valence-corrected chi connectivity index (χ4v) is 2.84. The first-order chi connectivity index (χ1) is 10.3. The van der Waals surface area contributed by atoms with Gasteiger partial charge in [-0.2, -0.15) is 0 Å². The zero-order valence-corrected chi connectivity index (χ0v) is 13.9. The quantitative estimate of drug-likeness (QED) is 0.334. The summed E-state index contributed by atoms with van der Waals surface area (Å²) >= 11 is 0. The van der Waals surface area contributed by atoms with Crippen LogP contribution < -0.4 is 11.3 Å². The number of rotatable bonds is 12. The molecule has 0 amide bonds. The Morgan fingerprint density at radius 2 is 1.71 bits per heavy atom. The van der Waals surface area contributed by atoms with Gasteiger partial charge in [-0.3, -0.25) is 16.3 Å². The SMILES string of the molecule is CCCCCCCCCCC(NN)c1ncccc1CC. The van der Waals surface area contributed by atoms with Crippen LogP contribution in [-0.2, 0) is 6.42 Å². The third kappa shape index (κ3) is 7.05. The van der Waals surface area contributed by atoms with Gasteiger partial charge in [0.2, 0.25) is 0 Å². The van der Waals surface area contributed by atoms with Crippen molar-refractivity contribution in [3.63, 3.8) is 0 Å². The third-order valence-corrected chi connectivity index (χ3v) is 4.18. The predicted molar refractivity (Wildman–Crippen MR) is 90.9 cm³/mol. The highest BCUT2D eigenvalue weighted by Crippen LogP contribution is 2.21. The Bertz CT molecular complexity index is 365. The minimum atomic E-state index is 0.196. The second-order valence-electron chi connectivity index (χ2n) is 5.88.